The molecule has 210 valence electrons. The van der Waals surface area contributed by atoms with Crippen LogP contribution in [0.25, 0.3) is 5.57 Å². The number of hydrogen-bond acceptors (Lipinski definition) is 5. The Kier molecular flexibility index (Phi) is 7.47. The van der Waals surface area contributed by atoms with Crippen LogP contribution in [-0.4, -0.2) is 42.5 Å². The Morgan fingerprint density at radius 3 is 2.23 bits per heavy atom. The van der Waals surface area contributed by atoms with Crippen LogP contribution in [0.2, 0.25) is 0 Å². The van der Waals surface area contributed by atoms with Gasteiger partial charge in [0.2, 0.25) is 5.91 Å². The Morgan fingerprint density at radius 2 is 1.62 bits per heavy atom. The van der Waals surface area contributed by atoms with Gasteiger partial charge in [-0.15, -0.1) is 0 Å². The van der Waals surface area contributed by atoms with Gasteiger partial charge in [-0.25, -0.2) is 4.79 Å². The molecule has 2 bridgehead atoms. The normalized spacial score (nSPS) is 26.9. The smallest absolute Gasteiger partial charge is 0.335 e. The maximum absolute atomic E-state index is 14.5. The van der Waals surface area contributed by atoms with E-state index < -0.39 is 22.8 Å². The number of benzene rings is 2. The van der Waals surface area contributed by atoms with Gasteiger partial charge in [-0.2, -0.15) is 0 Å². The van der Waals surface area contributed by atoms with E-state index in [4.69, 9.17) is 9.47 Å². The van der Waals surface area contributed by atoms with Crippen LogP contribution in [0, 0.1) is 16.2 Å². The minimum Gasteiger partial charge on any atom is -0.466 e. The Morgan fingerprint density at radius 1 is 1.00 bits per heavy atom. The van der Waals surface area contributed by atoms with Crippen molar-refractivity contribution in [3.05, 3.63) is 89.6 Å². The van der Waals surface area contributed by atoms with Gasteiger partial charge >= 0.3 is 11.9 Å². The molecule has 3 atom stereocenters. The number of fused-ring (bicyclic) bond motifs is 2. The maximum Gasteiger partial charge on any atom is 0.335 e. The molecule has 2 aromatic carbocycles. The van der Waals surface area contributed by atoms with Gasteiger partial charge in [0.25, 0.3) is 0 Å². The average molecular weight is 542 g/mol. The summed E-state index contributed by atoms with van der Waals surface area (Å²) in [6.07, 6.45) is 7.63. The SMILES string of the molecule is COC(=O)C1=CN(C(=O)[C@@]23CC[C@@](C)(COC2=O)C3(C)C)[C@@H](CCC=C(c2ccccc2)c2ccccc2)CC1. The molecule has 3 aliphatic rings. The lowest BCUT2D eigenvalue weighted by molar-refractivity contribution is -0.193. The second-order valence-corrected chi connectivity index (χ2v) is 12.1. The highest BCUT2D eigenvalue weighted by atomic mass is 16.5. The van der Waals surface area contributed by atoms with E-state index in [2.05, 4.69) is 37.3 Å². The zero-order valence-electron chi connectivity index (χ0n) is 23.9. The summed E-state index contributed by atoms with van der Waals surface area (Å²) in [5.41, 5.74) is 1.73. The molecule has 1 saturated heterocycles. The zero-order chi connectivity index (χ0) is 28.5. The fourth-order valence-corrected chi connectivity index (χ4v) is 6.89. The first kappa shape index (κ1) is 27.9. The third-order valence-electron chi connectivity index (χ3n) is 10.00. The standard InChI is InChI=1S/C34H39NO5/c1-32(2)33(3)20-21-34(32,31(38)40-23-33)30(37)35-22-26(29(36)39-4)18-19-27(35)16-11-17-28(24-12-7-5-8-13-24)25-14-9-6-10-15-25/h5-10,12-15,17,22,27H,11,16,18-21,23H2,1-4H3/t27-,33-,34-/m0/s1. The van der Waals surface area contributed by atoms with E-state index in [0.717, 1.165) is 29.5 Å². The lowest BCUT2D eigenvalue weighted by Gasteiger charge is -2.51. The highest BCUT2D eigenvalue weighted by molar-refractivity contribution is 6.05. The van der Waals surface area contributed by atoms with E-state index in [1.807, 2.05) is 50.2 Å². The van der Waals surface area contributed by atoms with Gasteiger partial charge in [-0.3, -0.25) is 9.59 Å². The van der Waals surface area contributed by atoms with Crippen molar-refractivity contribution in [2.45, 2.75) is 65.3 Å². The number of cyclic esters (lactones) is 1. The van der Waals surface area contributed by atoms with Gasteiger partial charge in [0.1, 0.15) is 0 Å². The molecular weight excluding hydrogens is 502 g/mol. The summed E-state index contributed by atoms with van der Waals surface area (Å²) >= 11 is 0. The number of ether oxygens (including phenoxy) is 2. The van der Waals surface area contributed by atoms with Crippen molar-refractivity contribution >= 4 is 23.4 Å². The van der Waals surface area contributed by atoms with Crippen molar-refractivity contribution in [3.63, 3.8) is 0 Å². The quantitative estimate of drug-likeness (QED) is 0.303. The summed E-state index contributed by atoms with van der Waals surface area (Å²) in [7, 11) is 1.35. The molecule has 0 unspecified atom stereocenters. The molecule has 6 heteroatoms. The van der Waals surface area contributed by atoms with E-state index >= 15 is 0 Å². The van der Waals surface area contributed by atoms with E-state index in [1.165, 1.54) is 7.11 Å². The molecule has 2 heterocycles. The van der Waals surface area contributed by atoms with Crippen LogP contribution in [-0.2, 0) is 23.9 Å². The predicted molar refractivity (Wildman–Crippen MR) is 154 cm³/mol. The molecule has 1 amide bonds. The molecule has 0 N–H and O–H groups in total. The summed E-state index contributed by atoms with van der Waals surface area (Å²) < 4.78 is 10.7. The number of carbonyl (C=O) groups excluding carboxylic acids is 3. The second-order valence-electron chi connectivity index (χ2n) is 12.1. The first-order chi connectivity index (χ1) is 19.1. The van der Waals surface area contributed by atoms with Gasteiger partial charge in [0, 0.05) is 17.7 Å². The Labute approximate surface area is 237 Å². The molecule has 2 aromatic rings. The number of esters is 2. The lowest BCUT2D eigenvalue weighted by atomic mass is 9.57. The largest absolute Gasteiger partial charge is 0.466 e. The second kappa shape index (κ2) is 10.7. The molecule has 1 saturated carbocycles. The Bertz CT molecular complexity index is 1300. The van der Waals surface area contributed by atoms with Crippen molar-refractivity contribution in [2.24, 2.45) is 16.2 Å². The van der Waals surface area contributed by atoms with Gasteiger partial charge in [0.05, 0.1) is 19.3 Å². The molecule has 0 spiro atoms. The van der Waals surface area contributed by atoms with Crippen LogP contribution in [0.5, 0.6) is 0 Å². The fraction of sp³-hybridized carbons (Fsp3) is 0.441. The Balaban J connectivity index is 1.47. The van der Waals surface area contributed by atoms with Crippen LogP contribution in [0.1, 0.15) is 70.4 Å². The molecule has 1 aliphatic carbocycles. The van der Waals surface area contributed by atoms with Crippen molar-refractivity contribution in [1.82, 2.24) is 4.90 Å². The fourth-order valence-electron chi connectivity index (χ4n) is 6.89. The van der Waals surface area contributed by atoms with E-state index in [-0.39, 0.29) is 17.4 Å². The number of carbonyl (C=O) groups is 3. The van der Waals surface area contributed by atoms with Crippen LogP contribution in [0.4, 0.5) is 0 Å². The van der Waals surface area contributed by atoms with Gasteiger partial charge < -0.3 is 14.4 Å². The minimum atomic E-state index is -1.28. The molecule has 5 rings (SSSR count). The number of hydrogen-bond donors (Lipinski definition) is 0. The van der Waals surface area contributed by atoms with Crippen LogP contribution in [0.3, 0.4) is 0 Å². The van der Waals surface area contributed by atoms with Gasteiger partial charge in [-0.05, 0) is 60.6 Å². The van der Waals surface area contributed by atoms with Crippen molar-refractivity contribution in [3.8, 4) is 0 Å². The van der Waals surface area contributed by atoms with E-state index in [1.54, 1.807) is 11.1 Å². The average Bonchev–Trinajstić information content (AvgIpc) is 3.08. The number of allylic oxidation sites excluding steroid dienone is 1. The molecule has 2 fully saturated rings. The summed E-state index contributed by atoms with van der Waals surface area (Å²) in [6.45, 7) is 6.48. The van der Waals surface area contributed by atoms with E-state index in [0.29, 0.717) is 37.9 Å². The number of amides is 1. The van der Waals surface area contributed by atoms with Gasteiger partial charge in [0.15, 0.2) is 5.41 Å². The molecule has 0 radical (unpaired) electrons. The summed E-state index contributed by atoms with van der Waals surface area (Å²) in [6, 6.07) is 20.4. The summed E-state index contributed by atoms with van der Waals surface area (Å²) in [4.78, 5) is 42.1. The highest BCUT2D eigenvalue weighted by Gasteiger charge is 2.72. The number of methoxy groups -OCH3 is 1. The van der Waals surface area contributed by atoms with E-state index in [9.17, 15) is 14.4 Å². The minimum absolute atomic E-state index is 0.156. The number of rotatable bonds is 7. The lowest BCUT2D eigenvalue weighted by Crippen LogP contribution is -2.61. The van der Waals surface area contributed by atoms with Crippen LogP contribution in [0.15, 0.2) is 78.5 Å². The third kappa shape index (κ3) is 4.47. The number of nitrogens with zero attached hydrogens (tertiary/aromatic N) is 1. The molecule has 6 nitrogen and oxygen atoms in total. The molecule has 0 aromatic heterocycles. The van der Waals surface area contributed by atoms with Crippen molar-refractivity contribution < 1.29 is 23.9 Å². The van der Waals surface area contributed by atoms with Crippen LogP contribution >= 0.6 is 0 Å². The predicted octanol–water partition coefficient (Wildman–Crippen LogP) is 6.32. The third-order valence-corrected chi connectivity index (χ3v) is 10.00. The van der Waals surface area contributed by atoms with Crippen molar-refractivity contribution in [1.29, 1.82) is 0 Å². The highest BCUT2D eigenvalue weighted by Crippen LogP contribution is 2.66. The summed E-state index contributed by atoms with van der Waals surface area (Å²) in [5, 5.41) is 0. The zero-order valence-corrected chi connectivity index (χ0v) is 23.9. The Hall–Kier alpha value is -3.67. The topological polar surface area (TPSA) is 72.9 Å². The van der Waals surface area contributed by atoms with Gasteiger partial charge in [-0.1, -0.05) is 87.5 Å². The monoisotopic (exact) mass is 541 g/mol. The molecular formula is C34H39NO5. The first-order valence-electron chi connectivity index (χ1n) is 14.2. The maximum atomic E-state index is 14.5. The molecule has 40 heavy (non-hydrogen) atoms. The van der Waals surface area contributed by atoms with Crippen molar-refractivity contribution in [2.75, 3.05) is 13.7 Å². The van der Waals surface area contributed by atoms with Crippen LogP contribution < -0.4 is 0 Å². The first-order valence-corrected chi connectivity index (χ1v) is 14.2. The summed E-state index contributed by atoms with van der Waals surface area (Å²) in [5.74, 6) is -1.14. The molecule has 2 aliphatic heterocycles.